The lowest BCUT2D eigenvalue weighted by Gasteiger charge is -2.38. The van der Waals surface area contributed by atoms with Crippen LogP contribution in [0.3, 0.4) is 0 Å². The van der Waals surface area contributed by atoms with Gasteiger partial charge in [-0.1, -0.05) is 25.4 Å². The van der Waals surface area contributed by atoms with Crippen LogP contribution in [0.25, 0.3) is 0 Å². The summed E-state index contributed by atoms with van der Waals surface area (Å²) in [5, 5.41) is 3.01. The second-order valence-corrected chi connectivity index (χ2v) is 8.32. The van der Waals surface area contributed by atoms with Crippen LogP contribution in [0.1, 0.15) is 20.8 Å². The monoisotopic (exact) mass is 403 g/mol. The number of carbonyl (C=O) groups excluding carboxylic acids is 1. The van der Waals surface area contributed by atoms with Gasteiger partial charge in [0.1, 0.15) is 0 Å². The average molecular weight is 404 g/mol. The molecule has 1 aromatic rings. The van der Waals surface area contributed by atoms with Crippen LogP contribution >= 0.6 is 11.6 Å². The summed E-state index contributed by atoms with van der Waals surface area (Å²) in [6, 6.07) is 2.99. The second kappa shape index (κ2) is 9.09. The highest BCUT2D eigenvalue weighted by Crippen LogP contribution is 2.19. The minimum Gasteiger partial charge on any atom is -0.322 e. The number of nitrogens with one attached hydrogen (secondary N) is 1. The molecule has 1 amide bonds. The number of anilines is 1. The fraction of sp³-hybridized carbons (Fsp3) is 0.625. The Morgan fingerprint density at radius 3 is 2.46 bits per heavy atom. The Kier molecular flexibility index (Phi) is 7.36. The van der Waals surface area contributed by atoms with Crippen LogP contribution in [0.5, 0.6) is 0 Å². The predicted octanol–water partition coefficient (Wildman–Crippen LogP) is 1.27. The maximum atomic E-state index is 12.6. The molecule has 8 nitrogen and oxygen atoms in total. The van der Waals surface area contributed by atoms with Crippen LogP contribution in [0, 0.1) is 0 Å². The third kappa shape index (κ3) is 4.72. The van der Waals surface area contributed by atoms with Crippen molar-refractivity contribution in [3.8, 4) is 0 Å². The molecule has 0 radical (unpaired) electrons. The molecular formula is C16H26ClN5O3S. The van der Waals surface area contributed by atoms with Gasteiger partial charge in [-0.2, -0.15) is 17.0 Å². The van der Waals surface area contributed by atoms with Crippen LogP contribution < -0.4 is 5.32 Å². The summed E-state index contributed by atoms with van der Waals surface area (Å²) in [4.78, 5) is 18.4. The van der Waals surface area contributed by atoms with Crippen LogP contribution in [0.2, 0.25) is 5.15 Å². The maximum absolute atomic E-state index is 12.6. The molecule has 2 heterocycles. The lowest BCUT2D eigenvalue weighted by molar-refractivity contribution is -0.121. The lowest BCUT2D eigenvalue weighted by atomic mass is 10.2. The van der Waals surface area contributed by atoms with Gasteiger partial charge in [0.15, 0.2) is 5.15 Å². The molecular weight excluding hydrogens is 378 g/mol. The van der Waals surface area contributed by atoms with E-state index in [1.165, 1.54) is 8.61 Å². The molecule has 0 bridgehead atoms. The molecule has 0 aromatic carbocycles. The molecule has 0 aliphatic carbocycles. The molecule has 1 atom stereocenters. The van der Waals surface area contributed by atoms with Gasteiger partial charge in [0.05, 0.1) is 11.7 Å². The van der Waals surface area contributed by atoms with Gasteiger partial charge in [0.25, 0.3) is 10.2 Å². The maximum Gasteiger partial charge on any atom is 0.282 e. The third-order valence-electron chi connectivity index (χ3n) is 4.58. The van der Waals surface area contributed by atoms with Crippen molar-refractivity contribution < 1.29 is 13.2 Å². The van der Waals surface area contributed by atoms with Crippen LogP contribution in [0.15, 0.2) is 18.3 Å². The van der Waals surface area contributed by atoms with E-state index in [0.717, 1.165) is 0 Å². The van der Waals surface area contributed by atoms with E-state index < -0.39 is 16.3 Å². The van der Waals surface area contributed by atoms with E-state index in [1.807, 2.05) is 18.7 Å². The lowest BCUT2D eigenvalue weighted by Crippen LogP contribution is -2.56. The number of amides is 1. The van der Waals surface area contributed by atoms with Crippen molar-refractivity contribution in [1.82, 2.24) is 18.5 Å². The van der Waals surface area contributed by atoms with Gasteiger partial charge < -0.3 is 5.32 Å². The molecule has 1 saturated heterocycles. The van der Waals surface area contributed by atoms with Crippen molar-refractivity contribution in [1.29, 1.82) is 0 Å². The summed E-state index contributed by atoms with van der Waals surface area (Å²) in [6.45, 7) is 8.07. The summed E-state index contributed by atoms with van der Waals surface area (Å²) in [5.74, 6) is -0.194. The van der Waals surface area contributed by atoms with Crippen molar-refractivity contribution in [3.05, 3.63) is 23.5 Å². The molecule has 0 spiro atoms. The normalized spacial score (nSPS) is 18.0. The minimum atomic E-state index is -3.43. The van der Waals surface area contributed by atoms with Crippen molar-refractivity contribution in [2.45, 2.75) is 26.8 Å². The number of aromatic nitrogens is 1. The highest BCUT2D eigenvalue weighted by molar-refractivity contribution is 7.86. The van der Waals surface area contributed by atoms with Gasteiger partial charge in [-0.05, 0) is 19.1 Å². The second-order valence-electron chi connectivity index (χ2n) is 6.03. The summed E-state index contributed by atoms with van der Waals surface area (Å²) in [5.41, 5.74) is 0.466. The average Bonchev–Trinajstić information content (AvgIpc) is 2.64. The first-order valence-corrected chi connectivity index (χ1v) is 10.5. The molecule has 1 aromatic heterocycles. The van der Waals surface area contributed by atoms with E-state index in [9.17, 15) is 13.2 Å². The Labute approximate surface area is 160 Å². The standard InChI is InChI=1S/C16H26ClN5O3S/c1-4-21(5-2)26(24,25)22-11-9-20(10-12-22)13(3)16(23)19-14-7-6-8-18-15(14)17/h6-8,13H,4-5,9-12H2,1-3H3,(H,19,23). The molecule has 1 aliphatic rings. The Morgan fingerprint density at radius 2 is 1.92 bits per heavy atom. The fourth-order valence-electron chi connectivity index (χ4n) is 2.92. The van der Waals surface area contributed by atoms with E-state index in [4.69, 9.17) is 11.6 Å². The van der Waals surface area contributed by atoms with E-state index >= 15 is 0 Å². The highest BCUT2D eigenvalue weighted by Gasteiger charge is 2.33. The number of nitrogens with zero attached hydrogens (tertiary/aromatic N) is 4. The Balaban J connectivity index is 1.94. The quantitative estimate of drug-likeness (QED) is 0.693. The molecule has 1 N–H and O–H groups in total. The van der Waals surface area contributed by atoms with Crippen molar-refractivity contribution in [3.63, 3.8) is 0 Å². The van der Waals surface area contributed by atoms with Crippen molar-refractivity contribution >= 4 is 33.4 Å². The fourth-order valence-corrected chi connectivity index (χ4v) is 4.69. The Hall–Kier alpha value is -1.26. The summed E-state index contributed by atoms with van der Waals surface area (Å²) >= 11 is 5.97. The van der Waals surface area contributed by atoms with E-state index in [0.29, 0.717) is 45.0 Å². The summed E-state index contributed by atoms with van der Waals surface area (Å²) < 4.78 is 28.1. The third-order valence-corrected chi connectivity index (χ3v) is 7.06. The number of carbonyl (C=O) groups is 1. The first-order valence-electron chi connectivity index (χ1n) is 8.71. The molecule has 2 rings (SSSR count). The number of hydrogen-bond donors (Lipinski definition) is 1. The van der Waals surface area contributed by atoms with E-state index in [2.05, 4.69) is 10.3 Å². The number of rotatable bonds is 7. The largest absolute Gasteiger partial charge is 0.322 e. The molecule has 1 fully saturated rings. The van der Waals surface area contributed by atoms with Gasteiger partial charge in [0, 0.05) is 45.5 Å². The van der Waals surface area contributed by atoms with Crippen LogP contribution in [-0.2, 0) is 15.0 Å². The number of pyridine rings is 1. The zero-order valence-corrected chi connectivity index (χ0v) is 16.9. The number of hydrogen-bond acceptors (Lipinski definition) is 5. The minimum absolute atomic E-state index is 0.194. The van der Waals surface area contributed by atoms with Gasteiger partial charge in [-0.3, -0.25) is 9.69 Å². The molecule has 1 aliphatic heterocycles. The highest BCUT2D eigenvalue weighted by atomic mass is 35.5. The SMILES string of the molecule is CCN(CC)S(=O)(=O)N1CCN(C(C)C(=O)Nc2cccnc2Cl)CC1. The smallest absolute Gasteiger partial charge is 0.282 e. The molecule has 146 valence electrons. The first-order chi connectivity index (χ1) is 12.3. The number of halogens is 1. The van der Waals surface area contributed by atoms with Crippen molar-refractivity contribution in [2.24, 2.45) is 0 Å². The van der Waals surface area contributed by atoms with Gasteiger partial charge in [0.2, 0.25) is 5.91 Å². The Bertz CT molecular complexity index is 718. The molecule has 1 unspecified atom stereocenters. The summed E-state index contributed by atoms with van der Waals surface area (Å²) in [6.07, 6.45) is 1.55. The van der Waals surface area contributed by atoms with Crippen LogP contribution in [0.4, 0.5) is 5.69 Å². The van der Waals surface area contributed by atoms with E-state index in [1.54, 1.807) is 25.3 Å². The summed E-state index contributed by atoms with van der Waals surface area (Å²) in [7, 11) is -3.43. The number of piperazine rings is 1. The molecule has 26 heavy (non-hydrogen) atoms. The van der Waals surface area contributed by atoms with Crippen molar-refractivity contribution in [2.75, 3.05) is 44.6 Å². The van der Waals surface area contributed by atoms with Gasteiger partial charge >= 0.3 is 0 Å². The predicted molar refractivity (Wildman–Crippen MR) is 102 cm³/mol. The molecule has 0 saturated carbocycles. The van der Waals surface area contributed by atoms with Gasteiger partial charge in [-0.15, -0.1) is 0 Å². The molecule has 10 heteroatoms. The zero-order chi connectivity index (χ0) is 19.3. The van der Waals surface area contributed by atoms with E-state index in [-0.39, 0.29) is 11.1 Å². The van der Waals surface area contributed by atoms with Crippen LogP contribution in [-0.4, -0.2) is 78.1 Å². The Morgan fingerprint density at radius 1 is 1.31 bits per heavy atom. The topological polar surface area (TPSA) is 85.9 Å². The first kappa shape index (κ1) is 21.0. The van der Waals surface area contributed by atoms with Gasteiger partial charge in [-0.25, -0.2) is 4.98 Å². The zero-order valence-electron chi connectivity index (χ0n) is 15.4.